The summed E-state index contributed by atoms with van der Waals surface area (Å²) in [7, 11) is 1.59. The van der Waals surface area contributed by atoms with E-state index >= 15 is 0 Å². The molecule has 6 heteroatoms. The average molecular weight is 300 g/mol. The van der Waals surface area contributed by atoms with Crippen molar-refractivity contribution in [1.82, 2.24) is 10.2 Å². The molecule has 0 atom stereocenters. The molecule has 1 fully saturated rings. The van der Waals surface area contributed by atoms with Gasteiger partial charge in [0, 0.05) is 31.7 Å². The van der Waals surface area contributed by atoms with Gasteiger partial charge in [-0.3, -0.25) is 9.59 Å². The van der Waals surface area contributed by atoms with Gasteiger partial charge in [0.1, 0.15) is 6.61 Å². The summed E-state index contributed by atoms with van der Waals surface area (Å²) in [4.78, 5) is 25.7. The Labute approximate surface area is 127 Å². The molecule has 0 aromatic carbocycles. The van der Waals surface area contributed by atoms with Crippen molar-refractivity contribution in [2.45, 2.75) is 39.7 Å². The smallest absolute Gasteiger partial charge is 0.246 e. The van der Waals surface area contributed by atoms with Crippen LogP contribution in [0.15, 0.2) is 0 Å². The van der Waals surface area contributed by atoms with E-state index < -0.39 is 0 Å². The van der Waals surface area contributed by atoms with E-state index in [1.54, 1.807) is 7.11 Å². The zero-order valence-electron chi connectivity index (χ0n) is 13.6. The molecule has 0 radical (unpaired) electrons. The van der Waals surface area contributed by atoms with Gasteiger partial charge in [-0.1, -0.05) is 20.8 Å². The topological polar surface area (TPSA) is 67.9 Å². The first kappa shape index (κ1) is 17.9. The molecule has 21 heavy (non-hydrogen) atoms. The maximum atomic E-state index is 12.2. The van der Waals surface area contributed by atoms with Gasteiger partial charge in [-0.05, 0) is 12.8 Å². The highest BCUT2D eigenvalue weighted by Crippen LogP contribution is 2.20. The van der Waals surface area contributed by atoms with E-state index in [9.17, 15) is 9.59 Å². The molecule has 0 aromatic rings. The van der Waals surface area contributed by atoms with Crippen molar-refractivity contribution in [3.8, 4) is 0 Å². The minimum Gasteiger partial charge on any atom is -0.382 e. The fraction of sp³-hybridized carbons (Fsp3) is 0.867. The zero-order valence-corrected chi connectivity index (χ0v) is 13.6. The first-order chi connectivity index (χ1) is 9.84. The van der Waals surface area contributed by atoms with Gasteiger partial charge >= 0.3 is 0 Å². The lowest BCUT2D eigenvalue weighted by molar-refractivity contribution is -0.140. The van der Waals surface area contributed by atoms with Crippen LogP contribution in [0.4, 0.5) is 0 Å². The van der Waals surface area contributed by atoms with Crippen LogP contribution in [0.5, 0.6) is 0 Å². The van der Waals surface area contributed by atoms with Crippen LogP contribution in [0.3, 0.4) is 0 Å². The number of rotatable bonds is 6. The van der Waals surface area contributed by atoms with Crippen LogP contribution in [-0.4, -0.2) is 62.8 Å². The molecule has 0 bridgehead atoms. The first-order valence-corrected chi connectivity index (χ1v) is 7.50. The second-order valence-corrected chi connectivity index (χ2v) is 6.43. The van der Waals surface area contributed by atoms with Crippen molar-refractivity contribution in [1.29, 1.82) is 0 Å². The maximum Gasteiger partial charge on any atom is 0.246 e. The van der Waals surface area contributed by atoms with Crippen LogP contribution < -0.4 is 5.32 Å². The van der Waals surface area contributed by atoms with Crippen molar-refractivity contribution in [2.24, 2.45) is 5.41 Å². The van der Waals surface area contributed by atoms with Gasteiger partial charge in [0.25, 0.3) is 0 Å². The number of nitrogens with zero attached hydrogens (tertiary/aromatic N) is 1. The Morgan fingerprint density at radius 3 is 2.33 bits per heavy atom. The lowest BCUT2D eigenvalue weighted by Gasteiger charge is -2.36. The Kier molecular flexibility index (Phi) is 7.11. The number of carbonyl (C=O) groups excluding carboxylic acids is 2. The second-order valence-electron chi connectivity index (χ2n) is 6.43. The number of likely N-dealkylation sites (tertiary alicyclic amines) is 1. The molecule has 1 heterocycles. The molecule has 1 aliphatic heterocycles. The number of nitrogens with one attached hydrogen (secondary N) is 1. The molecule has 0 aliphatic carbocycles. The van der Waals surface area contributed by atoms with E-state index in [-0.39, 0.29) is 29.9 Å². The fourth-order valence-corrected chi connectivity index (χ4v) is 2.28. The normalized spacial score (nSPS) is 16.9. The Balaban J connectivity index is 2.24. The van der Waals surface area contributed by atoms with Crippen molar-refractivity contribution >= 4 is 11.8 Å². The molecular weight excluding hydrogens is 272 g/mol. The Bertz CT molecular complexity index is 344. The summed E-state index contributed by atoms with van der Waals surface area (Å²) in [5.41, 5.74) is -0.342. The molecule has 1 aliphatic rings. The molecule has 0 spiro atoms. The quantitative estimate of drug-likeness (QED) is 0.737. The highest BCUT2D eigenvalue weighted by atomic mass is 16.5. The number of piperidine rings is 1. The summed E-state index contributed by atoms with van der Waals surface area (Å²) in [6.07, 6.45) is 1.59. The Morgan fingerprint density at radius 1 is 1.19 bits per heavy atom. The molecule has 0 aromatic heterocycles. The molecule has 1 N–H and O–H groups in total. The summed E-state index contributed by atoms with van der Waals surface area (Å²) in [5, 5.41) is 2.95. The SMILES string of the molecule is COCCOCC(=O)NC1CCN(C(=O)C(C)(C)C)CC1. The molecular formula is C15H28N2O4. The standard InChI is InChI=1S/C15H28N2O4/c1-15(2,3)14(19)17-7-5-12(6-8-17)16-13(18)11-21-10-9-20-4/h12H,5-11H2,1-4H3,(H,16,18). The zero-order chi connectivity index (χ0) is 15.9. The molecule has 6 nitrogen and oxygen atoms in total. The van der Waals surface area contributed by atoms with E-state index in [0.717, 1.165) is 12.8 Å². The predicted octanol–water partition coefficient (Wildman–Crippen LogP) is 0.803. The van der Waals surface area contributed by atoms with Crippen LogP contribution in [0.25, 0.3) is 0 Å². The van der Waals surface area contributed by atoms with Crippen molar-refractivity contribution in [3.05, 3.63) is 0 Å². The van der Waals surface area contributed by atoms with Gasteiger partial charge in [-0.25, -0.2) is 0 Å². The van der Waals surface area contributed by atoms with Crippen LogP contribution in [0.1, 0.15) is 33.6 Å². The van der Waals surface area contributed by atoms with E-state index in [1.165, 1.54) is 0 Å². The Hall–Kier alpha value is -1.14. The minimum absolute atomic E-state index is 0.0600. The third-order valence-corrected chi connectivity index (χ3v) is 3.45. The largest absolute Gasteiger partial charge is 0.382 e. The lowest BCUT2D eigenvalue weighted by Crippen LogP contribution is -2.49. The van der Waals surface area contributed by atoms with Crippen molar-refractivity contribution < 1.29 is 19.1 Å². The van der Waals surface area contributed by atoms with Crippen LogP contribution in [0.2, 0.25) is 0 Å². The minimum atomic E-state index is -0.342. The molecule has 122 valence electrons. The highest BCUT2D eigenvalue weighted by Gasteiger charge is 2.30. The highest BCUT2D eigenvalue weighted by molar-refractivity contribution is 5.81. The van der Waals surface area contributed by atoms with Gasteiger partial charge in [0.15, 0.2) is 0 Å². The first-order valence-electron chi connectivity index (χ1n) is 7.50. The van der Waals surface area contributed by atoms with Crippen LogP contribution >= 0.6 is 0 Å². The number of methoxy groups -OCH3 is 1. The number of hydrogen-bond donors (Lipinski definition) is 1. The molecule has 1 rings (SSSR count). The molecule has 1 saturated heterocycles. The van der Waals surface area contributed by atoms with E-state index in [1.807, 2.05) is 25.7 Å². The van der Waals surface area contributed by atoms with E-state index in [2.05, 4.69) is 5.32 Å². The average Bonchev–Trinajstić information content (AvgIpc) is 2.43. The fourth-order valence-electron chi connectivity index (χ4n) is 2.28. The van der Waals surface area contributed by atoms with Crippen molar-refractivity contribution in [2.75, 3.05) is 40.0 Å². The summed E-state index contributed by atoms with van der Waals surface area (Å²) in [6, 6.07) is 0.132. The van der Waals surface area contributed by atoms with Gasteiger partial charge in [-0.2, -0.15) is 0 Å². The summed E-state index contributed by atoms with van der Waals surface area (Å²) >= 11 is 0. The summed E-state index contributed by atoms with van der Waals surface area (Å²) < 4.78 is 10.0. The van der Waals surface area contributed by atoms with Gasteiger partial charge in [0.2, 0.25) is 11.8 Å². The monoisotopic (exact) mass is 300 g/mol. The van der Waals surface area contributed by atoms with E-state index in [0.29, 0.717) is 26.3 Å². The van der Waals surface area contributed by atoms with Gasteiger partial charge in [0.05, 0.1) is 13.2 Å². The van der Waals surface area contributed by atoms with Gasteiger partial charge < -0.3 is 19.7 Å². The van der Waals surface area contributed by atoms with E-state index in [4.69, 9.17) is 9.47 Å². The summed E-state index contributed by atoms with van der Waals surface area (Å²) in [5.74, 6) is 0.0712. The number of hydrogen-bond acceptors (Lipinski definition) is 4. The second kappa shape index (κ2) is 8.34. The third-order valence-electron chi connectivity index (χ3n) is 3.45. The molecule has 0 saturated carbocycles. The van der Waals surface area contributed by atoms with Crippen LogP contribution in [0, 0.1) is 5.41 Å². The molecule has 2 amide bonds. The third kappa shape index (κ3) is 6.44. The maximum absolute atomic E-state index is 12.2. The predicted molar refractivity (Wildman–Crippen MR) is 79.9 cm³/mol. The van der Waals surface area contributed by atoms with Gasteiger partial charge in [-0.15, -0.1) is 0 Å². The number of ether oxygens (including phenoxy) is 2. The lowest BCUT2D eigenvalue weighted by atomic mass is 9.93. The van der Waals surface area contributed by atoms with Crippen LogP contribution in [-0.2, 0) is 19.1 Å². The summed E-state index contributed by atoms with van der Waals surface area (Å²) in [6.45, 7) is 8.16. The van der Waals surface area contributed by atoms with Crippen molar-refractivity contribution in [3.63, 3.8) is 0 Å². The Morgan fingerprint density at radius 2 is 1.81 bits per heavy atom. The molecule has 0 unspecified atom stereocenters. The number of carbonyl (C=O) groups is 2. The number of amides is 2.